The van der Waals surface area contributed by atoms with Crippen LogP contribution in [0.2, 0.25) is 0 Å². The minimum Gasteiger partial charge on any atom is -0.309 e. The zero-order valence-corrected chi connectivity index (χ0v) is 44.9. The fourth-order valence-electron chi connectivity index (χ4n) is 14.7. The number of rotatable bonds is 6. The molecule has 0 aliphatic heterocycles. The summed E-state index contributed by atoms with van der Waals surface area (Å²) < 4.78 is 12.6. The standard InChI is InChI=1S/C78H47N5/c1-3-18-48(19-4-1)49-20-13-21-50(44-49)51-22-14-26-55(45-51)79-65-33-10-9-30-59(65)64-47-53(38-41-68(64)79)52-23-15-27-56(46-52)81-67-35-12-8-29-58(67)61-40-43-70-74(78(61)81)63-32-17-37-72-76(63)83(70)71-36-16-31-62-73-69(82(72)75(62)71)42-39-60-57-28-7-11-34-66(57)80(77(60)73)54-24-5-2-6-25-54/h1-47H. The van der Waals surface area contributed by atoms with Crippen LogP contribution in [0.1, 0.15) is 0 Å². The molecule has 5 nitrogen and oxygen atoms in total. The molecule has 0 unspecified atom stereocenters. The predicted molar refractivity (Wildman–Crippen MR) is 349 cm³/mol. The number of aromatic nitrogens is 5. The van der Waals surface area contributed by atoms with E-state index in [9.17, 15) is 0 Å². The smallest absolute Gasteiger partial charge is 0.0784 e. The number of hydrogen-bond donors (Lipinski definition) is 0. The highest BCUT2D eigenvalue weighted by Crippen LogP contribution is 2.48. The molecule has 0 N–H and O–H groups in total. The van der Waals surface area contributed by atoms with Gasteiger partial charge in [-0.2, -0.15) is 0 Å². The summed E-state index contributed by atoms with van der Waals surface area (Å²) in [7, 11) is 0. The third-order valence-electron chi connectivity index (χ3n) is 18.1. The highest BCUT2D eigenvalue weighted by Gasteiger charge is 2.27. The fourth-order valence-corrected chi connectivity index (χ4v) is 14.7. The molecule has 384 valence electrons. The van der Waals surface area contributed by atoms with Gasteiger partial charge < -0.3 is 22.5 Å². The van der Waals surface area contributed by atoms with Crippen molar-refractivity contribution < 1.29 is 0 Å². The van der Waals surface area contributed by atoms with E-state index in [0.29, 0.717) is 0 Å². The topological polar surface area (TPSA) is 23.6 Å². The molecule has 0 saturated heterocycles. The Kier molecular flexibility index (Phi) is 9.00. The maximum absolute atomic E-state index is 2.56. The lowest BCUT2D eigenvalue weighted by molar-refractivity contribution is 1.18. The van der Waals surface area contributed by atoms with Gasteiger partial charge in [-0.3, -0.25) is 0 Å². The van der Waals surface area contributed by atoms with Crippen LogP contribution in [0.4, 0.5) is 0 Å². The molecule has 0 aliphatic rings. The Morgan fingerprint density at radius 1 is 0.169 bits per heavy atom. The Labute approximate surface area is 475 Å². The van der Waals surface area contributed by atoms with Crippen LogP contribution in [-0.4, -0.2) is 22.5 Å². The summed E-state index contributed by atoms with van der Waals surface area (Å²) in [5, 5.41) is 12.5. The molecule has 6 aromatic heterocycles. The van der Waals surface area contributed by atoms with Gasteiger partial charge in [0.05, 0.1) is 66.2 Å². The molecule has 5 heteroatoms. The van der Waals surface area contributed by atoms with Crippen molar-refractivity contribution in [3.05, 3.63) is 285 Å². The van der Waals surface area contributed by atoms with Gasteiger partial charge in [0, 0.05) is 70.9 Å². The van der Waals surface area contributed by atoms with E-state index in [-0.39, 0.29) is 0 Å². The molecular weight excluding hydrogens is 1010 g/mol. The Morgan fingerprint density at radius 3 is 1.11 bits per heavy atom. The number of nitrogens with zero attached hydrogens (tertiary/aromatic N) is 5. The van der Waals surface area contributed by atoms with Crippen LogP contribution in [0.3, 0.4) is 0 Å². The lowest BCUT2D eigenvalue weighted by atomic mass is 9.99. The minimum atomic E-state index is 1.13. The molecule has 83 heavy (non-hydrogen) atoms. The van der Waals surface area contributed by atoms with Crippen LogP contribution in [0, 0.1) is 0 Å². The summed E-state index contributed by atoms with van der Waals surface area (Å²) >= 11 is 0. The van der Waals surface area contributed by atoms with Crippen molar-refractivity contribution in [2.75, 3.05) is 0 Å². The Bertz CT molecular complexity index is 5920. The molecule has 0 radical (unpaired) electrons. The molecule has 19 rings (SSSR count). The second kappa shape index (κ2) is 16.7. The number of para-hydroxylation sites is 6. The van der Waals surface area contributed by atoms with E-state index in [2.05, 4.69) is 308 Å². The lowest BCUT2D eigenvalue weighted by Crippen LogP contribution is -1.96. The van der Waals surface area contributed by atoms with Crippen molar-refractivity contribution in [2.45, 2.75) is 0 Å². The van der Waals surface area contributed by atoms with Gasteiger partial charge in [-0.1, -0.05) is 188 Å². The van der Waals surface area contributed by atoms with E-state index >= 15 is 0 Å². The van der Waals surface area contributed by atoms with E-state index in [4.69, 9.17) is 0 Å². The second-order valence-corrected chi connectivity index (χ2v) is 22.4. The molecule has 6 heterocycles. The average molecular weight is 1050 g/mol. The molecular formula is C78H47N5. The van der Waals surface area contributed by atoms with Gasteiger partial charge in [0.25, 0.3) is 0 Å². The zero-order valence-electron chi connectivity index (χ0n) is 44.9. The largest absolute Gasteiger partial charge is 0.309 e. The zero-order chi connectivity index (χ0) is 54.0. The van der Waals surface area contributed by atoms with Crippen LogP contribution in [0.15, 0.2) is 285 Å². The van der Waals surface area contributed by atoms with Gasteiger partial charge in [0.1, 0.15) is 0 Å². The summed E-state index contributed by atoms with van der Waals surface area (Å²) in [6, 6.07) is 106. The normalized spacial score (nSPS) is 12.3. The minimum absolute atomic E-state index is 1.13. The van der Waals surface area contributed by atoms with E-state index in [1.807, 2.05) is 0 Å². The first-order valence-corrected chi connectivity index (χ1v) is 28.7. The van der Waals surface area contributed by atoms with Crippen molar-refractivity contribution in [1.82, 2.24) is 22.5 Å². The van der Waals surface area contributed by atoms with Gasteiger partial charge in [-0.05, 0) is 130 Å². The van der Waals surface area contributed by atoms with Crippen molar-refractivity contribution in [3.8, 4) is 50.4 Å². The van der Waals surface area contributed by atoms with Gasteiger partial charge in [-0.25, -0.2) is 0 Å². The van der Waals surface area contributed by atoms with Crippen LogP contribution in [0.25, 0.3) is 171 Å². The predicted octanol–water partition coefficient (Wildman–Crippen LogP) is 20.5. The first-order chi connectivity index (χ1) is 41.2. The summed E-state index contributed by atoms with van der Waals surface area (Å²) in [6.07, 6.45) is 0. The maximum Gasteiger partial charge on any atom is 0.0784 e. The number of fused-ring (bicyclic) bond motifs is 19. The molecule has 19 aromatic rings. The molecule has 0 aliphatic carbocycles. The Balaban J connectivity index is 0.805. The number of benzene rings is 13. The van der Waals surface area contributed by atoms with Crippen LogP contribution >= 0.6 is 0 Å². The molecule has 0 atom stereocenters. The molecule has 0 amide bonds. The summed E-state index contributed by atoms with van der Waals surface area (Å²) in [6.45, 7) is 0. The monoisotopic (exact) mass is 1050 g/mol. The van der Waals surface area contributed by atoms with E-state index in [0.717, 1.165) is 17.1 Å². The van der Waals surface area contributed by atoms with Crippen molar-refractivity contribution in [2.24, 2.45) is 0 Å². The summed E-state index contributed by atoms with van der Waals surface area (Å²) in [4.78, 5) is 0. The van der Waals surface area contributed by atoms with Gasteiger partial charge in [0.15, 0.2) is 0 Å². The molecule has 0 fully saturated rings. The first-order valence-electron chi connectivity index (χ1n) is 28.7. The van der Waals surface area contributed by atoms with Crippen LogP contribution < -0.4 is 0 Å². The van der Waals surface area contributed by atoms with E-state index in [1.54, 1.807) is 0 Å². The Morgan fingerprint density at radius 2 is 0.530 bits per heavy atom. The third-order valence-corrected chi connectivity index (χ3v) is 18.1. The van der Waals surface area contributed by atoms with Crippen molar-refractivity contribution in [1.29, 1.82) is 0 Å². The molecule has 0 saturated carbocycles. The SMILES string of the molecule is c1ccc(-c2cccc(-c3cccc(-n4c5ccccc5c5cc(-c6cccc(-n7c8ccccc8c8ccc9c(c%10cccc%11c%10n9c9cccc%10c%12c%13c(ccc%12n%11c%109)c9ccccc9n%13-c9ccccc9)c87)c6)ccc54)c3)c2)cc1. The van der Waals surface area contributed by atoms with Crippen LogP contribution in [-0.2, 0) is 0 Å². The quantitative estimate of drug-likeness (QED) is 0.148. The first kappa shape index (κ1) is 44.7. The highest BCUT2D eigenvalue weighted by atomic mass is 15.0. The van der Waals surface area contributed by atoms with Crippen molar-refractivity contribution in [3.63, 3.8) is 0 Å². The van der Waals surface area contributed by atoms with Gasteiger partial charge >= 0.3 is 0 Å². The second-order valence-electron chi connectivity index (χ2n) is 22.4. The molecule has 13 aromatic carbocycles. The van der Waals surface area contributed by atoms with Gasteiger partial charge in [-0.15, -0.1) is 0 Å². The maximum atomic E-state index is 2.56. The fraction of sp³-hybridized carbons (Fsp3) is 0. The van der Waals surface area contributed by atoms with E-state index in [1.165, 1.54) is 153 Å². The third kappa shape index (κ3) is 6.09. The Hall–Kier alpha value is -11.1. The average Bonchev–Trinajstić information content (AvgIpc) is 2.71. The number of hydrogen-bond acceptors (Lipinski definition) is 0. The van der Waals surface area contributed by atoms with Crippen LogP contribution in [0.5, 0.6) is 0 Å². The van der Waals surface area contributed by atoms with Gasteiger partial charge in [0.2, 0.25) is 0 Å². The summed E-state index contributed by atoms with van der Waals surface area (Å²) in [5.41, 5.74) is 25.0. The van der Waals surface area contributed by atoms with Crippen molar-refractivity contribution >= 4 is 120 Å². The highest BCUT2D eigenvalue weighted by molar-refractivity contribution is 6.32. The lowest BCUT2D eigenvalue weighted by Gasteiger charge is -2.12. The molecule has 0 bridgehead atoms. The van der Waals surface area contributed by atoms with E-state index < -0.39 is 0 Å². The summed E-state index contributed by atoms with van der Waals surface area (Å²) in [5.74, 6) is 0. The molecule has 0 spiro atoms.